The lowest BCUT2D eigenvalue weighted by Crippen LogP contribution is -2.29. The number of nitrogens with zero attached hydrogens (tertiary/aromatic N) is 2. The highest BCUT2D eigenvalue weighted by Crippen LogP contribution is 2.43. The molecule has 1 aliphatic heterocycles. The Balaban J connectivity index is 1.74. The zero-order chi connectivity index (χ0) is 24.9. The maximum atomic E-state index is 13.6. The summed E-state index contributed by atoms with van der Waals surface area (Å²) < 4.78 is 15.5. The van der Waals surface area contributed by atoms with Crippen LogP contribution in [0.5, 0.6) is 0 Å². The van der Waals surface area contributed by atoms with E-state index in [1.807, 2.05) is 0 Å². The molecule has 0 aliphatic carbocycles. The number of hydrogen-bond acceptors (Lipinski definition) is 9. The summed E-state index contributed by atoms with van der Waals surface area (Å²) in [5.74, 6) is -1.74. The molecule has 5 rings (SSSR count). The van der Waals surface area contributed by atoms with Gasteiger partial charge in [0.15, 0.2) is 10.6 Å². The van der Waals surface area contributed by atoms with Gasteiger partial charge in [-0.2, -0.15) is 0 Å². The van der Waals surface area contributed by atoms with Crippen LogP contribution < -0.4 is 10.3 Å². The molecule has 1 atom stereocenters. The van der Waals surface area contributed by atoms with Gasteiger partial charge in [-0.25, -0.2) is 14.6 Å². The third-order valence-corrected chi connectivity index (χ3v) is 6.92. The monoisotopic (exact) mass is 490 g/mol. The molecule has 2 aromatic heterocycles. The fourth-order valence-corrected chi connectivity index (χ4v) is 5.13. The van der Waals surface area contributed by atoms with Crippen LogP contribution in [-0.2, 0) is 9.47 Å². The van der Waals surface area contributed by atoms with Crippen LogP contribution in [0.25, 0.3) is 11.0 Å². The Morgan fingerprint density at radius 1 is 1.00 bits per heavy atom. The SMILES string of the molecule is COC(=O)c1ccc([C@H]2c3c(oc4ccccc4c3=O)C(=O)N2c2nc(C)c(C(=O)OC)s2)cc1. The molecule has 0 fully saturated rings. The normalized spacial score (nSPS) is 14.8. The van der Waals surface area contributed by atoms with Gasteiger partial charge in [0.1, 0.15) is 10.5 Å². The number of ether oxygens (including phenoxy) is 2. The Kier molecular flexibility index (Phi) is 5.45. The van der Waals surface area contributed by atoms with E-state index in [1.165, 1.54) is 19.1 Å². The standard InChI is InChI=1S/C25H18N2O7S/c1-12-21(24(31)33-3)35-25(26-12)27-18(13-8-10-14(11-9-13)23(30)32-2)17-19(28)15-6-4-5-7-16(15)34-20(17)22(27)29/h4-11,18H,1-3H3/t18-/m0/s1. The molecule has 9 nitrogen and oxygen atoms in total. The van der Waals surface area contributed by atoms with Gasteiger partial charge in [-0.15, -0.1) is 0 Å². The summed E-state index contributed by atoms with van der Waals surface area (Å²) in [7, 11) is 2.54. The number of fused-ring (bicyclic) bond motifs is 2. The molecule has 0 radical (unpaired) electrons. The van der Waals surface area contributed by atoms with Gasteiger partial charge in [0.05, 0.1) is 42.5 Å². The van der Waals surface area contributed by atoms with E-state index >= 15 is 0 Å². The average molecular weight is 490 g/mol. The number of aromatic nitrogens is 1. The minimum Gasteiger partial charge on any atom is -0.465 e. The number of rotatable bonds is 4. The first-order valence-corrected chi connectivity index (χ1v) is 11.3. The Labute approximate surface area is 202 Å². The molecule has 4 aromatic rings. The lowest BCUT2D eigenvalue weighted by molar-refractivity contribution is 0.0593. The molecule has 0 N–H and O–H groups in total. The lowest BCUT2D eigenvalue weighted by Gasteiger charge is -2.22. The number of thiazole rings is 1. The number of carbonyl (C=O) groups excluding carboxylic acids is 3. The van der Waals surface area contributed by atoms with Crippen molar-refractivity contribution in [3.05, 3.63) is 91.8 Å². The summed E-state index contributed by atoms with van der Waals surface area (Å²) in [6, 6.07) is 12.2. The van der Waals surface area contributed by atoms with Crippen LogP contribution in [-0.4, -0.2) is 37.0 Å². The van der Waals surface area contributed by atoms with Crippen molar-refractivity contribution in [2.24, 2.45) is 0 Å². The largest absolute Gasteiger partial charge is 0.465 e. The first-order chi connectivity index (χ1) is 16.8. The molecule has 2 aromatic carbocycles. The zero-order valence-corrected chi connectivity index (χ0v) is 19.7. The average Bonchev–Trinajstić information content (AvgIpc) is 3.40. The second-order valence-corrected chi connectivity index (χ2v) is 8.74. The number of methoxy groups -OCH3 is 2. The van der Waals surface area contributed by atoms with Crippen molar-refractivity contribution >= 4 is 45.3 Å². The van der Waals surface area contributed by atoms with Crippen molar-refractivity contribution in [2.75, 3.05) is 19.1 Å². The second kappa shape index (κ2) is 8.48. The number of hydrogen-bond donors (Lipinski definition) is 0. The number of esters is 2. The molecule has 3 heterocycles. The van der Waals surface area contributed by atoms with Crippen molar-refractivity contribution in [3.8, 4) is 0 Å². The van der Waals surface area contributed by atoms with Crippen LogP contribution in [0, 0.1) is 6.92 Å². The van der Waals surface area contributed by atoms with E-state index in [0.29, 0.717) is 22.2 Å². The molecule has 1 aliphatic rings. The van der Waals surface area contributed by atoms with E-state index in [1.54, 1.807) is 55.5 Å². The summed E-state index contributed by atoms with van der Waals surface area (Å²) in [4.78, 5) is 57.3. The van der Waals surface area contributed by atoms with Gasteiger partial charge >= 0.3 is 11.9 Å². The molecular formula is C25H18N2O7S. The first-order valence-electron chi connectivity index (χ1n) is 10.5. The van der Waals surface area contributed by atoms with Gasteiger partial charge in [-0.3, -0.25) is 14.5 Å². The molecule has 35 heavy (non-hydrogen) atoms. The van der Waals surface area contributed by atoms with Crippen LogP contribution in [0.2, 0.25) is 0 Å². The first kappa shape index (κ1) is 22.5. The smallest absolute Gasteiger partial charge is 0.350 e. The van der Waals surface area contributed by atoms with Crippen LogP contribution in [0.4, 0.5) is 5.13 Å². The van der Waals surface area contributed by atoms with Crippen LogP contribution >= 0.6 is 11.3 Å². The van der Waals surface area contributed by atoms with Gasteiger partial charge in [0.2, 0.25) is 5.76 Å². The van der Waals surface area contributed by atoms with Crippen molar-refractivity contribution in [3.63, 3.8) is 0 Å². The molecule has 0 spiro atoms. The maximum Gasteiger partial charge on any atom is 0.350 e. The van der Waals surface area contributed by atoms with Crippen LogP contribution in [0.15, 0.2) is 57.7 Å². The maximum absolute atomic E-state index is 13.6. The molecule has 0 unspecified atom stereocenters. The number of para-hydroxylation sites is 1. The van der Waals surface area contributed by atoms with Gasteiger partial charge in [0.25, 0.3) is 5.91 Å². The fourth-order valence-electron chi connectivity index (χ4n) is 4.12. The molecule has 1 amide bonds. The van der Waals surface area contributed by atoms with E-state index in [2.05, 4.69) is 4.98 Å². The predicted molar refractivity (Wildman–Crippen MR) is 127 cm³/mol. The van der Waals surface area contributed by atoms with Crippen LogP contribution in [0.1, 0.15) is 53.4 Å². The van der Waals surface area contributed by atoms with Gasteiger partial charge in [-0.1, -0.05) is 35.6 Å². The van der Waals surface area contributed by atoms with E-state index < -0.39 is 23.9 Å². The number of anilines is 1. The molecule has 0 saturated carbocycles. The quantitative estimate of drug-likeness (QED) is 0.396. The van der Waals surface area contributed by atoms with Crippen molar-refractivity contribution < 1.29 is 28.3 Å². The Hall–Kier alpha value is -4.31. The predicted octanol–water partition coefficient (Wildman–Crippen LogP) is 3.88. The highest BCUT2D eigenvalue weighted by molar-refractivity contribution is 7.17. The van der Waals surface area contributed by atoms with E-state index in [4.69, 9.17) is 13.9 Å². The minimum atomic E-state index is -0.888. The minimum absolute atomic E-state index is 0.0942. The summed E-state index contributed by atoms with van der Waals surface area (Å²) in [6.07, 6.45) is 0. The van der Waals surface area contributed by atoms with Crippen LogP contribution in [0.3, 0.4) is 0 Å². The highest BCUT2D eigenvalue weighted by atomic mass is 32.1. The van der Waals surface area contributed by atoms with E-state index in [-0.39, 0.29) is 32.3 Å². The third-order valence-electron chi connectivity index (χ3n) is 5.79. The van der Waals surface area contributed by atoms with Crippen molar-refractivity contribution in [2.45, 2.75) is 13.0 Å². The molecule has 0 bridgehead atoms. The zero-order valence-electron chi connectivity index (χ0n) is 18.9. The summed E-state index contributed by atoms with van der Waals surface area (Å²) >= 11 is 0.986. The summed E-state index contributed by atoms with van der Waals surface area (Å²) in [5, 5.41) is 0.549. The molecule has 176 valence electrons. The number of aryl methyl sites for hydroxylation is 1. The molecule has 10 heteroatoms. The third kappa shape index (κ3) is 3.50. The lowest BCUT2D eigenvalue weighted by atomic mass is 9.98. The second-order valence-electron chi connectivity index (χ2n) is 7.76. The Morgan fingerprint density at radius 2 is 1.69 bits per heavy atom. The topological polar surface area (TPSA) is 116 Å². The Bertz CT molecular complexity index is 1570. The number of carbonyl (C=O) groups is 3. The fraction of sp³-hybridized carbons (Fsp3) is 0.160. The van der Waals surface area contributed by atoms with Crippen molar-refractivity contribution in [1.29, 1.82) is 0 Å². The van der Waals surface area contributed by atoms with E-state index in [9.17, 15) is 19.2 Å². The van der Waals surface area contributed by atoms with Gasteiger partial charge in [0, 0.05) is 0 Å². The summed E-state index contributed by atoms with van der Waals surface area (Å²) in [6.45, 7) is 1.64. The van der Waals surface area contributed by atoms with Gasteiger partial charge < -0.3 is 13.9 Å². The molecular weight excluding hydrogens is 472 g/mol. The molecule has 0 saturated heterocycles. The van der Waals surface area contributed by atoms with E-state index in [0.717, 1.165) is 11.3 Å². The number of benzene rings is 2. The summed E-state index contributed by atoms with van der Waals surface area (Å²) in [5.41, 5.74) is 1.37. The number of amides is 1. The van der Waals surface area contributed by atoms with Crippen molar-refractivity contribution in [1.82, 2.24) is 4.98 Å². The Morgan fingerprint density at radius 3 is 2.37 bits per heavy atom. The van der Waals surface area contributed by atoms with Gasteiger partial charge in [-0.05, 0) is 36.8 Å². The highest BCUT2D eigenvalue weighted by Gasteiger charge is 2.45.